The predicted octanol–water partition coefficient (Wildman–Crippen LogP) is 2.33. The Kier molecular flexibility index (Phi) is 4.43. The Morgan fingerprint density at radius 1 is 1.20 bits per heavy atom. The minimum Gasteiger partial charge on any atom is -0.340 e. The van der Waals surface area contributed by atoms with Gasteiger partial charge in [-0.1, -0.05) is 26.8 Å². The molecular weight excluding hydrogens is 250 g/mol. The lowest BCUT2D eigenvalue weighted by Crippen LogP contribution is -2.52. The van der Waals surface area contributed by atoms with Crippen molar-refractivity contribution < 1.29 is 4.79 Å². The van der Waals surface area contributed by atoms with Crippen molar-refractivity contribution in [2.24, 2.45) is 5.41 Å². The van der Waals surface area contributed by atoms with Crippen LogP contribution in [0.2, 0.25) is 0 Å². The number of carbonyl (C=O) groups excluding carboxylic acids is 1. The third kappa shape index (κ3) is 3.37. The number of rotatable bonds is 2. The zero-order valence-corrected chi connectivity index (χ0v) is 13.0. The average molecular weight is 275 g/mol. The fourth-order valence-corrected chi connectivity index (χ4v) is 2.60. The van der Waals surface area contributed by atoms with Gasteiger partial charge in [0, 0.05) is 43.8 Å². The maximum Gasteiger partial charge on any atom is 0.228 e. The van der Waals surface area contributed by atoms with Crippen molar-refractivity contribution in [1.29, 1.82) is 0 Å². The number of amides is 1. The minimum absolute atomic E-state index is 0.252. The molecule has 20 heavy (non-hydrogen) atoms. The zero-order valence-electron chi connectivity index (χ0n) is 13.0. The van der Waals surface area contributed by atoms with Crippen LogP contribution in [0.15, 0.2) is 24.4 Å². The molecule has 110 valence electrons. The van der Waals surface area contributed by atoms with E-state index in [0.29, 0.717) is 6.04 Å². The molecule has 1 aliphatic rings. The fraction of sp³-hybridized carbons (Fsp3) is 0.625. The van der Waals surface area contributed by atoms with Crippen molar-refractivity contribution in [3.8, 4) is 0 Å². The van der Waals surface area contributed by atoms with Crippen LogP contribution in [0.4, 0.5) is 0 Å². The van der Waals surface area contributed by atoms with Crippen LogP contribution in [0.3, 0.4) is 0 Å². The van der Waals surface area contributed by atoms with E-state index in [1.54, 1.807) is 0 Å². The van der Waals surface area contributed by atoms with E-state index in [1.807, 2.05) is 44.0 Å². The summed E-state index contributed by atoms with van der Waals surface area (Å²) in [5.41, 5.74) is 0.817. The highest BCUT2D eigenvalue weighted by Gasteiger charge is 2.31. The zero-order chi connectivity index (χ0) is 14.8. The number of hydrogen-bond donors (Lipinski definition) is 0. The molecule has 4 heteroatoms. The normalized spacial score (nSPS) is 18.9. The molecule has 0 radical (unpaired) electrons. The molecule has 0 aromatic carbocycles. The van der Waals surface area contributed by atoms with Crippen molar-refractivity contribution in [3.05, 3.63) is 30.1 Å². The van der Waals surface area contributed by atoms with E-state index in [1.165, 1.54) is 0 Å². The predicted molar refractivity (Wildman–Crippen MR) is 80.3 cm³/mol. The first kappa shape index (κ1) is 15.0. The van der Waals surface area contributed by atoms with Gasteiger partial charge in [0.2, 0.25) is 5.91 Å². The first-order valence-electron chi connectivity index (χ1n) is 7.34. The van der Waals surface area contributed by atoms with Crippen LogP contribution in [0.25, 0.3) is 0 Å². The number of pyridine rings is 1. The average Bonchev–Trinajstić information content (AvgIpc) is 2.46. The lowest BCUT2D eigenvalue weighted by molar-refractivity contribution is -0.141. The van der Waals surface area contributed by atoms with E-state index in [-0.39, 0.29) is 11.3 Å². The highest BCUT2D eigenvalue weighted by atomic mass is 16.2. The molecule has 1 fully saturated rings. The lowest BCUT2D eigenvalue weighted by atomic mass is 9.94. The second-order valence-corrected chi connectivity index (χ2v) is 6.51. The van der Waals surface area contributed by atoms with Gasteiger partial charge in [0.1, 0.15) is 0 Å². The Labute approximate surface area is 121 Å². The second kappa shape index (κ2) is 5.92. The van der Waals surface area contributed by atoms with E-state index < -0.39 is 0 Å². The molecule has 0 saturated carbocycles. The van der Waals surface area contributed by atoms with Crippen LogP contribution in [0, 0.1) is 5.41 Å². The van der Waals surface area contributed by atoms with Crippen molar-refractivity contribution in [3.63, 3.8) is 0 Å². The molecule has 0 N–H and O–H groups in total. The topological polar surface area (TPSA) is 36.4 Å². The van der Waals surface area contributed by atoms with Gasteiger partial charge in [-0.15, -0.1) is 0 Å². The van der Waals surface area contributed by atoms with E-state index in [9.17, 15) is 4.79 Å². The molecule has 1 atom stereocenters. The molecule has 0 bridgehead atoms. The van der Waals surface area contributed by atoms with Crippen molar-refractivity contribution in [2.75, 3.05) is 26.2 Å². The number of piperazine rings is 1. The first-order chi connectivity index (χ1) is 9.39. The summed E-state index contributed by atoms with van der Waals surface area (Å²) in [6, 6.07) is 6.34. The third-order valence-electron chi connectivity index (χ3n) is 3.91. The molecule has 4 nitrogen and oxygen atoms in total. The van der Waals surface area contributed by atoms with Gasteiger partial charge in [-0.05, 0) is 19.1 Å². The van der Waals surface area contributed by atoms with Gasteiger partial charge in [0.25, 0.3) is 0 Å². The Bertz CT molecular complexity index is 445. The largest absolute Gasteiger partial charge is 0.340 e. The third-order valence-corrected chi connectivity index (χ3v) is 3.91. The highest BCUT2D eigenvalue weighted by Crippen LogP contribution is 2.22. The molecule has 1 aliphatic heterocycles. The number of hydrogen-bond acceptors (Lipinski definition) is 3. The minimum atomic E-state index is -0.283. The number of nitrogens with zero attached hydrogens (tertiary/aromatic N) is 3. The first-order valence-corrected chi connectivity index (χ1v) is 7.34. The molecule has 0 aliphatic carbocycles. The van der Waals surface area contributed by atoms with Gasteiger partial charge in [-0.2, -0.15) is 0 Å². The Morgan fingerprint density at radius 3 is 2.35 bits per heavy atom. The summed E-state index contributed by atoms with van der Waals surface area (Å²) in [5.74, 6) is 0.252. The molecule has 0 spiro atoms. The van der Waals surface area contributed by atoms with Crippen molar-refractivity contribution in [2.45, 2.75) is 33.7 Å². The SMILES string of the molecule is CC(c1ccccn1)N1CCN(C(=O)C(C)(C)C)CC1. The molecule has 2 heterocycles. The van der Waals surface area contributed by atoms with E-state index in [2.05, 4.69) is 22.9 Å². The van der Waals surface area contributed by atoms with Crippen molar-refractivity contribution >= 4 is 5.91 Å². The fourth-order valence-electron chi connectivity index (χ4n) is 2.60. The van der Waals surface area contributed by atoms with Crippen LogP contribution in [0.5, 0.6) is 0 Å². The summed E-state index contributed by atoms with van der Waals surface area (Å²) >= 11 is 0. The quantitative estimate of drug-likeness (QED) is 0.831. The van der Waals surface area contributed by atoms with Gasteiger partial charge in [-0.3, -0.25) is 14.7 Å². The second-order valence-electron chi connectivity index (χ2n) is 6.51. The van der Waals surface area contributed by atoms with E-state index in [4.69, 9.17) is 0 Å². The summed E-state index contributed by atoms with van der Waals surface area (Å²) < 4.78 is 0. The van der Waals surface area contributed by atoms with Crippen LogP contribution >= 0.6 is 0 Å². The van der Waals surface area contributed by atoms with E-state index >= 15 is 0 Å². The van der Waals surface area contributed by atoms with Crippen molar-refractivity contribution in [1.82, 2.24) is 14.8 Å². The lowest BCUT2D eigenvalue weighted by Gasteiger charge is -2.39. The van der Waals surface area contributed by atoms with Gasteiger partial charge in [0.05, 0.1) is 5.69 Å². The summed E-state index contributed by atoms with van der Waals surface area (Å²) in [6.07, 6.45) is 1.84. The Balaban J connectivity index is 1.93. The number of carbonyl (C=O) groups is 1. The van der Waals surface area contributed by atoms with Gasteiger partial charge in [-0.25, -0.2) is 0 Å². The maximum atomic E-state index is 12.3. The standard InChI is InChI=1S/C16H25N3O/c1-13(14-7-5-6-8-17-14)18-9-11-19(12-10-18)15(20)16(2,3)4/h5-8,13H,9-12H2,1-4H3. The van der Waals surface area contributed by atoms with Gasteiger partial charge in [0.15, 0.2) is 0 Å². The summed E-state index contributed by atoms with van der Waals surface area (Å²) in [7, 11) is 0. The highest BCUT2D eigenvalue weighted by molar-refractivity contribution is 5.81. The molecule has 1 amide bonds. The summed E-state index contributed by atoms with van der Waals surface area (Å²) in [4.78, 5) is 21.1. The molecule has 1 aromatic rings. The van der Waals surface area contributed by atoms with Gasteiger partial charge >= 0.3 is 0 Å². The number of aromatic nitrogens is 1. The molecule has 1 saturated heterocycles. The smallest absolute Gasteiger partial charge is 0.228 e. The Morgan fingerprint density at radius 2 is 1.85 bits per heavy atom. The monoisotopic (exact) mass is 275 g/mol. The van der Waals surface area contributed by atoms with E-state index in [0.717, 1.165) is 31.9 Å². The molecular formula is C16H25N3O. The maximum absolute atomic E-state index is 12.3. The molecule has 1 unspecified atom stereocenters. The summed E-state index contributed by atoms with van der Waals surface area (Å²) in [5, 5.41) is 0. The van der Waals surface area contributed by atoms with Gasteiger partial charge < -0.3 is 4.90 Å². The van der Waals surface area contributed by atoms with Crippen LogP contribution in [0.1, 0.15) is 39.4 Å². The van der Waals surface area contributed by atoms with Crippen LogP contribution in [-0.4, -0.2) is 46.9 Å². The molecule has 1 aromatic heterocycles. The Hall–Kier alpha value is -1.42. The molecule has 2 rings (SSSR count). The van der Waals surface area contributed by atoms with Crippen LogP contribution in [-0.2, 0) is 4.79 Å². The summed E-state index contributed by atoms with van der Waals surface area (Å²) in [6.45, 7) is 11.6. The van der Waals surface area contributed by atoms with Crippen LogP contribution < -0.4 is 0 Å².